The van der Waals surface area contributed by atoms with Gasteiger partial charge in [-0.2, -0.15) is 0 Å². The maximum atomic E-state index is 11.5. The van der Waals surface area contributed by atoms with Gasteiger partial charge in [-0.15, -0.1) is 0 Å². The summed E-state index contributed by atoms with van der Waals surface area (Å²) >= 11 is 0. The molecule has 2 heterocycles. The number of nitro benzene ring substituents is 1. The summed E-state index contributed by atoms with van der Waals surface area (Å²) in [6, 6.07) is 15.1. The second-order valence-corrected chi connectivity index (χ2v) is 7.89. The molecule has 2 aliphatic rings. The van der Waals surface area contributed by atoms with Crippen molar-refractivity contribution in [1.29, 1.82) is 0 Å². The predicted octanol–water partition coefficient (Wildman–Crippen LogP) is 3.37. The summed E-state index contributed by atoms with van der Waals surface area (Å²) in [7, 11) is 4.14. The predicted molar refractivity (Wildman–Crippen MR) is 119 cm³/mol. The van der Waals surface area contributed by atoms with Crippen LogP contribution in [0, 0.1) is 10.1 Å². The summed E-state index contributed by atoms with van der Waals surface area (Å²) in [6.07, 6.45) is 6.94. The molecular formula is C23H27N5O2. The third-order valence-electron chi connectivity index (χ3n) is 5.52. The fraction of sp³-hybridized carbons (Fsp3) is 0.304. The van der Waals surface area contributed by atoms with Crippen molar-refractivity contribution in [2.45, 2.75) is 18.6 Å². The minimum atomic E-state index is -0.324. The van der Waals surface area contributed by atoms with Gasteiger partial charge in [-0.3, -0.25) is 10.1 Å². The fourth-order valence-corrected chi connectivity index (χ4v) is 4.11. The van der Waals surface area contributed by atoms with E-state index in [9.17, 15) is 10.1 Å². The lowest BCUT2D eigenvalue weighted by Crippen LogP contribution is -2.48. The summed E-state index contributed by atoms with van der Waals surface area (Å²) in [5.41, 5.74) is 4.16. The molecular weight excluding hydrogens is 378 g/mol. The van der Waals surface area contributed by atoms with Crippen LogP contribution in [-0.4, -0.2) is 43.2 Å². The standard InChI is InChI=1S/C23H27N5O2/c1-26(2)14-7-15-27-21-12-11-18(28(29)30)16-19(21)22(17-8-4-3-5-9-17)25-20-10-6-13-24-23(20)27/h3-6,8-13,16,22-25H,7,14-15H2,1-2H3. The number of nitro groups is 1. The average molecular weight is 406 g/mol. The highest BCUT2D eigenvalue weighted by atomic mass is 16.6. The first-order valence-electron chi connectivity index (χ1n) is 10.2. The smallest absolute Gasteiger partial charge is 0.269 e. The van der Waals surface area contributed by atoms with Gasteiger partial charge in [-0.25, -0.2) is 0 Å². The van der Waals surface area contributed by atoms with E-state index in [4.69, 9.17) is 0 Å². The number of non-ortho nitro benzene ring substituents is 1. The lowest BCUT2D eigenvalue weighted by atomic mass is 9.96. The summed E-state index contributed by atoms with van der Waals surface area (Å²) in [6.45, 7) is 1.80. The third-order valence-corrected chi connectivity index (χ3v) is 5.52. The van der Waals surface area contributed by atoms with E-state index in [2.05, 4.69) is 52.7 Å². The van der Waals surface area contributed by atoms with Crippen molar-refractivity contribution >= 4 is 11.4 Å². The van der Waals surface area contributed by atoms with E-state index in [1.54, 1.807) is 12.1 Å². The summed E-state index contributed by atoms with van der Waals surface area (Å²) in [4.78, 5) is 15.7. The zero-order chi connectivity index (χ0) is 21.1. The van der Waals surface area contributed by atoms with Crippen LogP contribution in [0.3, 0.4) is 0 Å². The Labute approximate surface area is 176 Å². The second-order valence-electron chi connectivity index (χ2n) is 7.89. The second kappa shape index (κ2) is 8.59. The van der Waals surface area contributed by atoms with Crippen molar-refractivity contribution in [3.63, 3.8) is 0 Å². The number of benzene rings is 2. The Morgan fingerprint density at radius 1 is 1.17 bits per heavy atom. The SMILES string of the molecule is CN(C)CCCN1c2ccc([N+](=O)[O-])cc2C(c2ccccc2)NC2=CC=CNC21. The van der Waals surface area contributed by atoms with E-state index in [1.807, 2.05) is 36.5 Å². The van der Waals surface area contributed by atoms with Crippen molar-refractivity contribution in [2.24, 2.45) is 0 Å². The molecule has 0 saturated heterocycles. The quantitative estimate of drug-likeness (QED) is 0.567. The normalized spacial score (nSPS) is 19.8. The summed E-state index contributed by atoms with van der Waals surface area (Å²) < 4.78 is 0. The van der Waals surface area contributed by atoms with Crippen LogP contribution in [0.1, 0.15) is 23.6 Å². The molecule has 156 valence electrons. The van der Waals surface area contributed by atoms with Gasteiger partial charge in [0.05, 0.1) is 16.7 Å². The minimum absolute atomic E-state index is 0.0499. The first-order valence-corrected chi connectivity index (χ1v) is 10.2. The van der Waals surface area contributed by atoms with Gasteiger partial charge in [0.1, 0.15) is 6.17 Å². The zero-order valence-corrected chi connectivity index (χ0v) is 17.3. The fourth-order valence-electron chi connectivity index (χ4n) is 4.11. The molecule has 2 aliphatic heterocycles. The van der Waals surface area contributed by atoms with E-state index in [1.165, 1.54) is 0 Å². The highest BCUT2D eigenvalue weighted by molar-refractivity contribution is 5.64. The first kappa shape index (κ1) is 20.0. The molecule has 0 saturated carbocycles. The minimum Gasteiger partial charge on any atom is -0.374 e. The molecule has 0 bridgehead atoms. The molecule has 0 aliphatic carbocycles. The molecule has 30 heavy (non-hydrogen) atoms. The number of nitrogens with zero attached hydrogens (tertiary/aromatic N) is 3. The van der Waals surface area contributed by atoms with Crippen molar-refractivity contribution in [3.8, 4) is 0 Å². The van der Waals surface area contributed by atoms with Gasteiger partial charge < -0.3 is 20.4 Å². The number of fused-ring (bicyclic) bond motifs is 2. The zero-order valence-electron chi connectivity index (χ0n) is 17.3. The summed E-state index contributed by atoms with van der Waals surface area (Å²) in [5, 5.41) is 18.7. The molecule has 2 unspecified atom stereocenters. The molecule has 4 rings (SSSR count). The molecule has 2 N–H and O–H groups in total. The van der Waals surface area contributed by atoms with Crippen LogP contribution in [0.5, 0.6) is 0 Å². The third kappa shape index (κ3) is 4.02. The number of anilines is 1. The number of allylic oxidation sites excluding steroid dienone is 2. The Morgan fingerprint density at radius 3 is 2.70 bits per heavy atom. The van der Waals surface area contributed by atoms with E-state index in [0.29, 0.717) is 0 Å². The van der Waals surface area contributed by atoms with Crippen molar-refractivity contribution in [3.05, 3.63) is 93.8 Å². The number of rotatable bonds is 6. The van der Waals surface area contributed by atoms with E-state index < -0.39 is 0 Å². The number of hydrogen-bond acceptors (Lipinski definition) is 6. The molecule has 2 aromatic rings. The van der Waals surface area contributed by atoms with Crippen LogP contribution in [0.25, 0.3) is 0 Å². The molecule has 7 heteroatoms. The monoisotopic (exact) mass is 405 g/mol. The van der Waals surface area contributed by atoms with Crippen LogP contribution in [0.4, 0.5) is 11.4 Å². The molecule has 0 aromatic heterocycles. The van der Waals surface area contributed by atoms with Gasteiger partial charge >= 0.3 is 0 Å². The average Bonchev–Trinajstić information content (AvgIpc) is 2.89. The van der Waals surface area contributed by atoms with Gasteiger partial charge in [0, 0.05) is 29.9 Å². The molecule has 2 atom stereocenters. The van der Waals surface area contributed by atoms with Crippen molar-refractivity contribution < 1.29 is 4.92 Å². The van der Waals surface area contributed by atoms with Crippen LogP contribution in [0.15, 0.2) is 72.6 Å². The van der Waals surface area contributed by atoms with Gasteiger partial charge in [-0.05, 0) is 57.0 Å². The van der Waals surface area contributed by atoms with Crippen molar-refractivity contribution in [2.75, 3.05) is 32.1 Å². The van der Waals surface area contributed by atoms with E-state index >= 15 is 0 Å². The summed E-state index contributed by atoms with van der Waals surface area (Å²) in [5.74, 6) is 0. The van der Waals surface area contributed by atoms with E-state index in [0.717, 1.165) is 42.0 Å². The van der Waals surface area contributed by atoms with Crippen molar-refractivity contribution in [1.82, 2.24) is 15.5 Å². The Bertz CT molecular complexity index is 971. The van der Waals surface area contributed by atoms with Gasteiger partial charge in [0.2, 0.25) is 0 Å². The molecule has 0 fully saturated rings. The van der Waals surface area contributed by atoms with Crippen LogP contribution in [-0.2, 0) is 0 Å². The Morgan fingerprint density at radius 2 is 1.97 bits per heavy atom. The molecule has 0 amide bonds. The number of dihydropyridines is 1. The van der Waals surface area contributed by atoms with Gasteiger partial charge in [0.15, 0.2) is 0 Å². The van der Waals surface area contributed by atoms with E-state index in [-0.39, 0.29) is 22.8 Å². The van der Waals surface area contributed by atoms with Crippen LogP contribution >= 0.6 is 0 Å². The maximum Gasteiger partial charge on any atom is 0.269 e. The lowest BCUT2D eigenvalue weighted by Gasteiger charge is -2.35. The molecule has 0 spiro atoms. The Kier molecular flexibility index (Phi) is 5.72. The highest BCUT2D eigenvalue weighted by Gasteiger charge is 2.34. The molecule has 0 radical (unpaired) electrons. The Balaban J connectivity index is 1.83. The molecule has 7 nitrogen and oxygen atoms in total. The maximum absolute atomic E-state index is 11.5. The highest BCUT2D eigenvalue weighted by Crippen LogP contribution is 2.39. The lowest BCUT2D eigenvalue weighted by molar-refractivity contribution is -0.384. The first-order chi connectivity index (χ1) is 14.5. The Hall–Kier alpha value is -3.32. The molecule has 2 aromatic carbocycles. The largest absolute Gasteiger partial charge is 0.374 e. The number of nitrogens with one attached hydrogen (secondary N) is 2. The van der Waals surface area contributed by atoms with Gasteiger partial charge in [0.25, 0.3) is 5.69 Å². The van der Waals surface area contributed by atoms with Crippen LogP contribution < -0.4 is 15.5 Å². The topological polar surface area (TPSA) is 73.7 Å². The van der Waals surface area contributed by atoms with Crippen LogP contribution in [0.2, 0.25) is 0 Å². The number of hydrogen-bond donors (Lipinski definition) is 2. The van der Waals surface area contributed by atoms with Gasteiger partial charge in [-0.1, -0.05) is 30.3 Å².